The Hall–Kier alpha value is -0.990. The van der Waals surface area contributed by atoms with E-state index in [2.05, 4.69) is 13.0 Å². The van der Waals surface area contributed by atoms with Gasteiger partial charge in [-0.3, -0.25) is 9.59 Å². The lowest BCUT2D eigenvalue weighted by molar-refractivity contribution is -0.200. The highest BCUT2D eigenvalue weighted by Gasteiger charge is 2.75. The number of Topliss-reactive ketones (excluding diaryl/α,β-unsaturated/α-hetero) is 1. The van der Waals surface area contributed by atoms with Gasteiger partial charge >= 0.3 is 8.60 Å². The molecule has 4 rings (SSSR count). The summed E-state index contributed by atoms with van der Waals surface area (Å²) in [7, 11) is -2.68. The van der Waals surface area contributed by atoms with Gasteiger partial charge in [0.2, 0.25) is 0 Å². The number of fused-ring (bicyclic) bond motifs is 5. The zero-order valence-corrected chi connectivity index (χ0v) is 21.9. The summed E-state index contributed by atoms with van der Waals surface area (Å²) in [5.74, 6) is -0.303. The summed E-state index contributed by atoms with van der Waals surface area (Å²) >= 11 is 0. The number of hydrogen-bond donors (Lipinski definition) is 3. The lowest BCUT2D eigenvalue weighted by atomic mass is 9.46. The molecule has 4 fully saturated rings. The Morgan fingerprint density at radius 2 is 2.06 bits per heavy atom. The van der Waals surface area contributed by atoms with Gasteiger partial charge in [0, 0.05) is 16.7 Å². The molecular weight excluding hydrogens is 471 g/mol. The number of hydrogen-bond acceptors (Lipinski definition) is 8. The first kappa shape index (κ1) is 27.1. The van der Waals surface area contributed by atoms with Crippen LogP contribution in [0.15, 0.2) is 23.8 Å². The van der Waals surface area contributed by atoms with E-state index in [0.717, 1.165) is 31.1 Å². The van der Waals surface area contributed by atoms with Crippen LogP contribution in [0.3, 0.4) is 0 Å². The Kier molecular flexibility index (Phi) is 7.77. The average molecular weight is 511 g/mol. The third-order valence-corrected chi connectivity index (χ3v) is 9.77. The van der Waals surface area contributed by atoms with Gasteiger partial charge < -0.3 is 28.9 Å². The van der Waals surface area contributed by atoms with E-state index in [9.17, 15) is 24.5 Å². The van der Waals surface area contributed by atoms with Crippen molar-refractivity contribution < 1.29 is 38.5 Å². The van der Waals surface area contributed by atoms with Crippen LogP contribution in [0.1, 0.15) is 66.2 Å². The number of aliphatic hydroxyl groups excluding tert-OH is 1. The summed E-state index contributed by atoms with van der Waals surface area (Å²) in [6.45, 7) is 7.62. The van der Waals surface area contributed by atoms with Gasteiger partial charge in [-0.05, 0) is 56.9 Å². The van der Waals surface area contributed by atoms with Gasteiger partial charge in [-0.25, -0.2) is 0 Å². The van der Waals surface area contributed by atoms with Gasteiger partial charge in [-0.1, -0.05) is 44.9 Å². The number of ketones is 1. The second-order valence-electron chi connectivity index (χ2n) is 11.0. The molecule has 1 saturated heterocycles. The zero-order valence-electron chi connectivity index (χ0n) is 21.1. The first-order chi connectivity index (χ1) is 16.6. The number of aliphatic hydroxyl groups is 1. The molecule has 0 aromatic carbocycles. The molecule has 0 bridgehead atoms. The molecular formula is C26H39O8P. The second kappa shape index (κ2) is 10.1. The minimum Gasteiger partial charge on any atom is -0.393 e. The fourth-order valence-electron chi connectivity index (χ4n) is 8.22. The van der Waals surface area contributed by atoms with Crippen molar-refractivity contribution in [1.29, 1.82) is 0 Å². The molecule has 9 atom stereocenters. The highest BCUT2D eigenvalue weighted by molar-refractivity contribution is 7.39. The van der Waals surface area contributed by atoms with Crippen LogP contribution in [0.5, 0.6) is 0 Å². The molecule has 3 aliphatic carbocycles. The van der Waals surface area contributed by atoms with E-state index in [4.69, 9.17) is 14.0 Å². The highest BCUT2D eigenvalue weighted by atomic mass is 31.2. The van der Waals surface area contributed by atoms with Crippen molar-refractivity contribution in [3.8, 4) is 0 Å². The molecule has 35 heavy (non-hydrogen) atoms. The number of carbonyl (C=O) groups excluding carboxylic acids is 2. The van der Waals surface area contributed by atoms with Crippen LogP contribution < -0.4 is 0 Å². The Bertz CT molecular complexity index is 889. The van der Waals surface area contributed by atoms with Crippen LogP contribution in [0.2, 0.25) is 0 Å². The van der Waals surface area contributed by atoms with E-state index >= 15 is 0 Å². The minimum atomic E-state index is -2.68. The van der Waals surface area contributed by atoms with Gasteiger partial charge in [-0.2, -0.15) is 0 Å². The maximum atomic E-state index is 13.7. The Balaban J connectivity index is 1.75. The summed E-state index contributed by atoms with van der Waals surface area (Å²) in [6.07, 6.45) is 8.83. The van der Waals surface area contributed by atoms with Crippen LogP contribution in [-0.2, 0) is 23.6 Å². The monoisotopic (exact) mass is 510 g/mol. The van der Waals surface area contributed by atoms with E-state index in [0.29, 0.717) is 19.3 Å². The number of rotatable bonds is 8. The first-order valence-corrected chi connectivity index (χ1v) is 13.9. The fraction of sp³-hybridized carbons (Fsp3) is 0.769. The summed E-state index contributed by atoms with van der Waals surface area (Å²) < 4.78 is 17.8. The Labute approximate surface area is 208 Å². The molecule has 3 N–H and O–H groups in total. The predicted molar refractivity (Wildman–Crippen MR) is 130 cm³/mol. The molecule has 196 valence electrons. The summed E-state index contributed by atoms with van der Waals surface area (Å²) in [5.41, 5.74) is -1.46. The van der Waals surface area contributed by atoms with Gasteiger partial charge in [-0.15, -0.1) is 0 Å². The first-order valence-electron chi connectivity index (χ1n) is 12.7. The Morgan fingerprint density at radius 3 is 2.69 bits per heavy atom. The van der Waals surface area contributed by atoms with Crippen molar-refractivity contribution >= 4 is 20.7 Å². The fourth-order valence-corrected chi connectivity index (χ4v) is 8.45. The van der Waals surface area contributed by atoms with Crippen LogP contribution >= 0.6 is 8.60 Å². The highest BCUT2D eigenvalue weighted by Crippen LogP contribution is 2.69. The van der Waals surface area contributed by atoms with Crippen molar-refractivity contribution in [3.63, 3.8) is 0 Å². The largest absolute Gasteiger partial charge is 0.393 e. The van der Waals surface area contributed by atoms with Gasteiger partial charge in [0.15, 0.2) is 17.7 Å². The molecule has 4 aliphatic rings. The van der Waals surface area contributed by atoms with Gasteiger partial charge in [0.25, 0.3) is 0 Å². The average Bonchev–Trinajstić information content (AvgIpc) is 3.26. The molecule has 9 heteroatoms. The van der Waals surface area contributed by atoms with Crippen LogP contribution in [0.25, 0.3) is 0 Å². The van der Waals surface area contributed by atoms with E-state index < -0.39 is 50.1 Å². The topological polar surface area (TPSA) is 123 Å². The smallest absolute Gasteiger partial charge is 0.327 e. The SMILES string of the molecule is C/C=C\C1(C)/C(=C\C=O)CCC2C1C(O)CC1(C)C2CC2OC(CCC)OC21C(=O)COP(O)O. The van der Waals surface area contributed by atoms with Crippen molar-refractivity contribution in [2.45, 2.75) is 90.3 Å². The third kappa shape index (κ3) is 4.10. The van der Waals surface area contributed by atoms with Crippen LogP contribution in [0, 0.1) is 28.6 Å². The number of allylic oxidation sites excluding steroid dienone is 4. The molecule has 0 spiro atoms. The molecule has 0 aromatic rings. The maximum Gasteiger partial charge on any atom is 0.327 e. The third-order valence-electron chi connectivity index (χ3n) is 9.41. The van der Waals surface area contributed by atoms with E-state index in [-0.39, 0.29) is 23.5 Å². The van der Waals surface area contributed by atoms with Gasteiger partial charge in [0.05, 0.1) is 12.2 Å². The lowest BCUT2D eigenvalue weighted by Crippen LogP contribution is -2.63. The van der Waals surface area contributed by atoms with Crippen LogP contribution in [-0.4, -0.2) is 57.7 Å². The number of ether oxygens (including phenoxy) is 2. The molecule has 0 radical (unpaired) electrons. The molecule has 1 aliphatic heterocycles. The minimum absolute atomic E-state index is 0.0551. The van der Waals surface area contributed by atoms with E-state index in [1.165, 1.54) is 0 Å². The van der Waals surface area contributed by atoms with Crippen molar-refractivity contribution in [3.05, 3.63) is 23.8 Å². The molecule has 1 heterocycles. The van der Waals surface area contributed by atoms with E-state index in [1.807, 2.05) is 26.8 Å². The zero-order chi connectivity index (χ0) is 25.6. The second-order valence-corrected chi connectivity index (χ2v) is 11.8. The normalized spacial score (nSPS) is 46.1. The quantitative estimate of drug-likeness (QED) is 0.196. The Morgan fingerprint density at radius 1 is 1.31 bits per heavy atom. The summed E-state index contributed by atoms with van der Waals surface area (Å²) in [6, 6.07) is 0. The van der Waals surface area contributed by atoms with Crippen molar-refractivity contribution in [1.82, 2.24) is 0 Å². The molecule has 3 saturated carbocycles. The molecule has 0 amide bonds. The number of aldehydes is 1. The molecule has 0 aromatic heterocycles. The molecule has 9 unspecified atom stereocenters. The maximum absolute atomic E-state index is 13.7. The van der Waals surface area contributed by atoms with Crippen LogP contribution in [0.4, 0.5) is 0 Å². The lowest BCUT2D eigenvalue weighted by Gasteiger charge is -2.59. The summed E-state index contributed by atoms with van der Waals surface area (Å²) in [4.78, 5) is 43.7. The van der Waals surface area contributed by atoms with Gasteiger partial charge in [0.1, 0.15) is 12.9 Å². The molecule has 8 nitrogen and oxygen atoms in total. The number of carbonyl (C=O) groups is 2. The standard InChI is InChI=1S/C26H39O8P/c1-5-7-22-33-21-13-18-17-9-8-16(10-12-27)24(3,11-6-2)23(17)19(28)14-25(18,4)26(21,34-22)20(29)15-32-35(30)31/h6,10-12,17-19,21-23,28,30-31H,5,7-9,13-15H2,1-4H3/b11-6-,16-10-. The van der Waals surface area contributed by atoms with E-state index in [1.54, 1.807) is 6.08 Å². The van der Waals surface area contributed by atoms with Crippen molar-refractivity contribution in [2.75, 3.05) is 6.61 Å². The summed E-state index contributed by atoms with van der Waals surface area (Å²) in [5, 5.41) is 11.7. The van der Waals surface area contributed by atoms with Crippen molar-refractivity contribution in [2.24, 2.45) is 28.6 Å². The predicted octanol–water partition coefficient (Wildman–Crippen LogP) is 3.59.